The number of fused-ring (bicyclic) bond motifs is 1. The van der Waals surface area contributed by atoms with E-state index in [1.54, 1.807) is 42.7 Å². The quantitative estimate of drug-likeness (QED) is 0.135. The lowest BCUT2D eigenvalue weighted by atomic mass is 10.1. The number of aromatic amines is 1. The average Bonchev–Trinajstić information content (AvgIpc) is 3.41. The van der Waals surface area contributed by atoms with Crippen molar-refractivity contribution >= 4 is 34.7 Å². The lowest BCUT2D eigenvalue weighted by Crippen LogP contribution is -2.64. The van der Waals surface area contributed by atoms with Crippen molar-refractivity contribution in [3.8, 4) is 0 Å². The van der Waals surface area contributed by atoms with Crippen LogP contribution in [0.1, 0.15) is 29.3 Å². The Bertz CT molecular complexity index is 1380. The highest BCUT2D eigenvalue weighted by atomic mass is 16.6. The molecule has 38 heavy (non-hydrogen) atoms. The zero-order valence-corrected chi connectivity index (χ0v) is 20.8. The molecule has 0 saturated heterocycles. The number of pyridine rings is 1. The number of esters is 1. The van der Waals surface area contributed by atoms with Gasteiger partial charge in [0.1, 0.15) is 12.4 Å². The fourth-order valence-corrected chi connectivity index (χ4v) is 3.54. The Morgan fingerprint density at radius 1 is 0.974 bits per heavy atom. The molecule has 0 saturated carbocycles. The molecule has 196 valence electrons. The molecular formula is C27H28N6O5. The van der Waals surface area contributed by atoms with E-state index in [0.29, 0.717) is 18.8 Å². The summed E-state index contributed by atoms with van der Waals surface area (Å²) >= 11 is 0. The molecular weight excluding hydrogens is 488 g/mol. The number of ether oxygens (including phenoxy) is 2. The molecule has 1 atom stereocenters. The van der Waals surface area contributed by atoms with Gasteiger partial charge in [-0.1, -0.05) is 36.4 Å². The fourth-order valence-electron chi connectivity index (χ4n) is 3.54. The van der Waals surface area contributed by atoms with E-state index in [1.807, 2.05) is 36.4 Å². The van der Waals surface area contributed by atoms with E-state index in [0.717, 1.165) is 16.5 Å². The van der Waals surface area contributed by atoms with Crippen molar-refractivity contribution in [2.45, 2.75) is 25.6 Å². The SMILES string of the molecule is CC(NC(=O)OCc1ccccc1)(NC(=O)c1ccc2[nH]ncc2c1)C(=O)OCCCNc1ccccn1. The van der Waals surface area contributed by atoms with Gasteiger partial charge in [0.25, 0.3) is 5.91 Å². The summed E-state index contributed by atoms with van der Waals surface area (Å²) in [6, 6.07) is 19.5. The van der Waals surface area contributed by atoms with E-state index in [1.165, 1.54) is 6.92 Å². The number of nitrogens with zero attached hydrogens (tertiary/aromatic N) is 2. The first-order valence-corrected chi connectivity index (χ1v) is 12.0. The van der Waals surface area contributed by atoms with E-state index < -0.39 is 23.6 Å². The molecule has 11 nitrogen and oxygen atoms in total. The van der Waals surface area contributed by atoms with Gasteiger partial charge in [0.15, 0.2) is 0 Å². The largest absolute Gasteiger partial charge is 0.462 e. The van der Waals surface area contributed by atoms with Crippen LogP contribution in [0.4, 0.5) is 10.6 Å². The van der Waals surface area contributed by atoms with Gasteiger partial charge in [0.2, 0.25) is 5.66 Å². The van der Waals surface area contributed by atoms with Crippen LogP contribution in [0.15, 0.2) is 79.1 Å². The summed E-state index contributed by atoms with van der Waals surface area (Å²) in [5, 5.41) is 15.6. The van der Waals surface area contributed by atoms with Gasteiger partial charge in [-0.25, -0.2) is 14.6 Å². The first kappa shape index (κ1) is 26.1. The van der Waals surface area contributed by atoms with Gasteiger partial charge >= 0.3 is 12.1 Å². The van der Waals surface area contributed by atoms with E-state index in [9.17, 15) is 14.4 Å². The molecule has 0 bridgehead atoms. The number of alkyl carbamates (subject to hydrolysis) is 1. The molecule has 4 N–H and O–H groups in total. The summed E-state index contributed by atoms with van der Waals surface area (Å²) in [5.41, 5.74) is -0.0997. The first-order valence-electron chi connectivity index (χ1n) is 12.0. The number of aromatic nitrogens is 3. The molecule has 1 unspecified atom stereocenters. The zero-order valence-electron chi connectivity index (χ0n) is 20.8. The number of H-pyrrole nitrogens is 1. The summed E-state index contributed by atoms with van der Waals surface area (Å²) < 4.78 is 10.7. The Morgan fingerprint density at radius 3 is 2.58 bits per heavy atom. The number of carbonyl (C=O) groups excluding carboxylic acids is 3. The molecule has 0 fully saturated rings. The fraction of sp³-hybridized carbons (Fsp3) is 0.222. The van der Waals surface area contributed by atoms with Gasteiger partial charge in [0.05, 0.1) is 18.3 Å². The third kappa shape index (κ3) is 7.06. The molecule has 0 radical (unpaired) electrons. The zero-order chi connectivity index (χ0) is 26.8. The van der Waals surface area contributed by atoms with Crippen molar-refractivity contribution in [2.75, 3.05) is 18.5 Å². The van der Waals surface area contributed by atoms with Crippen LogP contribution in [-0.4, -0.2) is 52.0 Å². The number of carbonyl (C=O) groups is 3. The van der Waals surface area contributed by atoms with Gasteiger partial charge in [0, 0.05) is 23.7 Å². The number of rotatable bonds is 11. The summed E-state index contributed by atoms with van der Waals surface area (Å²) in [5.74, 6) is -0.731. The first-order chi connectivity index (χ1) is 18.4. The van der Waals surface area contributed by atoms with Crippen LogP contribution in [0, 0.1) is 0 Å². The highest BCUT2D eigenvalue weighted by molar-refractivity contribution is 6.01. The van der Waals surface area contributed by atoms with Crippen LogP contribution in [0.5, 0.6) is 0 Å². The van der Waals surface area contributed by atoms with Gasteiger partial charge in [-0.15, -0.1) is 0 Å². The Hall–Kier alpha value is -4.93. The van der Waals surface area contributed by atoms with Crippen molar-refractivity contribution in [2.24, 2.45) is 0 Å². The lowest BCUT2D eigenvalue weighted by Gasteiger charge is -2.29. The van der Waals surface area contributed by atoms with Crippen LogP contribution in [0.3, 0.4) is 0 Å². The maximum Gasteiger partial charge on any atom is 0.409 e. The number of benzene rings is 2. The smallest absolute Gasteiger partial charge is 0.409 e. The predicted molar refractivity (Wildman–Crippen MR) is 140 cm³/mol. The molecule has 11 heteroatoms. The molecule has 0 spiro atoms. The number of nitrogens with one attached hydrogen (secondary N) is 4. The Morgan fingerprint density at radius 2 is 1.79 bits per heavy atom. The molecule has 2 amide bonds. The van der Waals surface area contributed by atoms with E-state index in [-0.39, 0.29) is 18.8 Å². The number of hydrogen-bond donors (Lipinski definition) is 4. The standard InChI is InChI=1S/C27H28N6O5/c1-27(32-26(36)38-18-19-8-3-2-4-9-19,25(35)37-15-7-14-29-23-10-5-6-13-28-23)31-24(34)20-11-12-22-21(16-20)17-30-33-22/h2-6,8-13,16-17H,7,14-15,18H2,1H3,(H,28,29)(H,30,33)(H,31,34)(H,32,36). The van der Waals surface area contributed by atoms with E-state index in [4.69, 9.17) is 9.47 Å². The molecule has 2 aromatic heterocycles. The minimum absolute atomic E-state index is 0.0118. The molecule has 0 aliphatic heterocycles. The highest BCUT2D eigenvalue weighted by Gasteiger charge is 2.39. The van der Waals surface area contributed by atoms with Gasteiger partial charge in [-0.3, -0.25) is 15.2 Å². The van der Waals surface area contributed by atoms with Crippen LogP contribution >= 0.6 is 0 Å². The number of hydrogen-bond acceptors (Lipinski definition) is 8. The van der Waals surface area contributed by atoms with Gasteiger partial charge in [-0.2, -0.15) is 5.10 Å². The van der Waals surface area contributed by atoms with E-state index in [2.05, 4.69) is 31.1 Å². The van der Waals surface area contributed by atoms with Crippen LogP contribution in [0.2, 0.25) is 0 Å². The minimum atomic E-state index is -1.90. The lowest BCUT2D eigenvalue weighted by molar-refractivity contribution is -0.151. The third-order valence-electron chi connectivity index (χ3n) is 5.56. The maximum absolute atomic E-state index is 13.1. The summed E-state index contributed by atoms with van der Waals surface area (Å²) in [4.78, 5) is 42.9. The number of anilines is 1. The maximum atomic E-state index is 13.1. The molecule has 4 aromatic rings. The van der Waals surface area contributed by atoms with Crippen LogP contribution in [-0.2, 0) is 20.9 Å². The number of amides is 2. The summed E-state index contributed by atoms with van der Waals surface area (Å²) in [7, 11) is 0. The molecule has 0 aliphatic rings. The minimum Gasteiger partial charge on any atom is -0.462 e. The average molecular weight is 517 g/mol. The van der Waals surface area contributed by atoms with Gasteiger partial charge in [-0.05, 0) is 49.2 Å². The van der Waals surface area contributed by atoms with Crippen LogP contribution < -0.4 is 16.0 Å². The third-order valence-corrected chi connectivity index (χ3v) is 5.56. The molecule has 2 heterocycles. The topological polar surface area (TPSA) is 147 Å². The second-order valence-electron chi connectivity index (χ2n) is 8.57. The van der Waals surface area contributed by atoms with E-state index >= 15 is 0 Å². The summed E-state index contributed by atoms with van der Waals surface area (Å²) in [6.45, 7) is 1.89. The second kappa shape index (κ2) is 12.3. The Kier molecular flexibility index (Phi) is 8.50. The molecule has 0 aliphatic carbocycles. The monoisotopic (exact) mass is 516 g/mol. The van der Waals surface area contributed by atoms with Gasteiger partial charge < -0.3 is 20.1 Å². The Labute approximate surface area is 218 Å². The predicted octanol–water partition coefficient (Wildman–Crippen LogP) is 3.38. The Balaban J connectivity index is 1.39. The van der Waals surface area contributed by atoms with Crippen molar-refractivity contribution in [1.29, 1.82) is 0 Å². The van der Waals surface area contributed by atoms with Crippen molar-refractivity contribution < 1.29 is 23.9 Å². The molecule has 2 aromatic carbocycles. The normalized spacial score (nSPS) is 12.2. The molecule has 4 rings (SSSR count). The van der Waals surface area contributed by atoms with Crippen molar-refractivity contribution in [3.05, 3.63) is 90.3 Å². The van der Waals surface area contributed by atoms with Crippen LogP contribution in [0.25, 0.3) is 10.9 Å². The highest BCUT2D eigenvalue weighted by Crippen LogP contribution is 2.15. The second-order valence-corrected chi connectivity index (χ2v) is 8.57. The summed E-state index contributed by atoms with van der Waals surface area (Å²) in [6.07, 6.45) is 2.83. The van der Waals surface area contributed by atoms with Crippen molar-refractivity contribution in [3.63, 3.8) is 0 Å². The van der Waals surface area contributed by atoms with Crippen molar-refractivity contribution in [1.82, 2.24) is 25.8 Å².